The van der Waals surface area contributed by atoms with Gasteiger partial charge in [-0.25, -0.2) is 4.98 Å². The van der Waals surface area contributed by atoms with Gasteiger partial charge in [0.1, 0.15) is 66.0 Å². The van der Waals surface area contributed by atoms with E-state index in [-0.39, 0.29) is 63.2 Å². The number of aromatic nitrogens is 4. The van der Waals surface area contributed by atoms with Gasteiger partial charge >= 0.3 is 11.9 Å². The van der Waals surface area contributed by atoms with Crippen molar-refractivity contribution in [3.05, 3.63) is 90.3 Å². The Kier molecular flexibility index (Phi) is 32.4. The van der Waals surface area contributed by atoms with E-state index in [1.807, 2.05) is 0 Å². The van der Waals surface area contributed by atoms with Gasteiger partial charge in [0, 0.05) is 91.1 Å². The molecule has 5 aromatic rings. The Morgan fingerprint density at radius 2 is 1.17 bits per heavy atom. The van der Waals surface area contributed by atoms with Crippen LogP contribution in [0.3, 0.4) is 0 Å². The van der Waals surface area contributed by atoms with Crippen LogP contribution in [0.2, 0.25) is 0 Å². The molecule has 2 unspecified atom stereocenters. The second kappa shape index (κ2) is 41.3. The van der Waals surface area contributed by atoms with Gasteiger partial charge in [0.2, 0.25) is 82.7 Å². The van der Waals surface area contributed by atoms with Crippen LogP contribution in [0, 0.1) is 11.8 Å². The number of carboxylic acid groups (broad SMARTS) is 2. The number of primary amides is 1. The predicted octanol–water partition coefficient (Wildman–Crippen LogP) is -1.88. The average molecular weight is 1600 g/mol. The fourth-order valence-corrected chi connectivity index (χ4v) is 13.6. The molecule has 3 saturated heterocycles. The molecule has 3 fully saturated rings. The van der Waals surface area contributed by atoms with Crippen molar-refractivity contribution in [1.82, 2.24) is 94.0 Å². The molecule has 0 spiro atoms. The predicted molar refractivity (Wildman–Crippen MR) is 416 cm³/mol. The fraction of sp³-hybridized carbons (Fsp3) is 0.545. The number of H-pyrrole nitrogens is 3. The van der Waals surface area contributed by atoms with Gasteiger partial charge in [-0.1, -0.05) is 77.4 Å². The lowest BCUT2D eigenvalue weighted by molar-refractivity contribution is -0.143. The number of hydrogen-bond donors (Lipinski definition) is 20. The van der Waals surface area contributed by atoms with Crippen molar-refractivity contribution in [3.8, 4) is 0 Å². The normalized spacial score (nSPS) is 23.8. The van der Waals surface area contributed by atoms with Crippen LogP contribution in [-0.4, -0.2) is 238 Å². The minimum atomic E-state index is -2.09. The molecule has 38 heteroatoms. The summed E-state index contributed by atoms with van der Waals surface area (Å²) in [5.74, 6) is -17.5. The summed E-state index contributed by atoms with van der Waals surface area (Å²) in [7, 11) is 0. The molecule has 0 saturated carbocycles. The van der Waals surface area contributed by atoms with E-state index in [0.717, 1.165) is 0 Å². The first kappa shape index (κ1) is 90.4. The molecule has 21 N–H and O–H groups in total. The van der Waals surface area contributed by atoms with Crippen LogP contribution in [0.5, 0.6) is 0 Å². The van der Waals surface area contributed by atoms with Crippen LogP contribution in [0.25, 0.3) is 21.8 Å². The van der Waals surface area contributed by atoms with Crippen molar-refractivity contribution in [2.24, 2.45) is 17.6 Å². The van der Waals surface area contributed by atoms with E-state index in [0.29, 0.717) is 32.9 Å². The number of piperidine rings is 1. The van der Waals surface area contributed by atoms with E-state index in [1.54, 1.807) is 116 Å². The summed E-state index contributed by atoms with van der Waals surface area (Å²) in [6, 6.07) is -3.28. The van der Waals surface area contributed by atoms with E-state index < -0.39 is 236 Å². The van der Waals surface area contributed by atoms with Crippen molar-refractivity contribution < 1.29 is 92.0 Å². The summed E-state index contributed by atoms with van der Waals surface area (Å²) in [5.41, 5.74) is 5.22. The number of carboxylic acids is 2. The van der Waals surface area contributed by atoms with Crippen molar-refractivity contribution in [1.29, 1.82) is 0 Å². The Labute approximate surface area is 663 Å². The lowest BCUT2D eigenvalue weighted by Crippen LogP contribution is -2.68. The number of fused-ring (bicyclic) bond motifs is 36. The Morgan fingerprint density at radius 1 is 0.635 bits per heavy atom. The molecule has 12 atom stereocenters. The summed E-state index contributed by atoms with van der Waals surface area (Å²) in [6.45, 7) is 14.2. The van der Waals surface area contributed by atoms with E-state index in [9.17, 15) is 82.4 Å². The third kappa shape index (κ3) is 26.4. The monoisotopic (exact) mass is 1600 g/mol. The second-order valence-electron chi connectivity index (χ2n) is 31.0. The second-order valence-corrected chi connectivity index (χ2v) is 31.0. The molecule has 626 valence electrons. The summed E-state index contributed by atoms with van der Waals surface area (Å²) < 4.78 is 0. The molecule has 3 aliphatic rings. The number of aliphatic carboxylic acids is 2. The van der Waals surface area contributed by atoms with Crippen LogP contribution >= 0.6 is 0 Å². The van der Waals surface area contributed by atoms with Crippen molar-refractivity contribution in [3.63, 3.8) is 0 Å². The first-order chi connectivity index (χ1) is 54.2. The topological polar surface area (TPSA) is 580 Å². The maximum absolute atomic E-state index is 15.4. The molecule has 115 heavy (non-hydrogen) atoms. The molecule has 8 rings (SSSR count). The zero-order valence-corrected chi connectivity index (χ0v) is 66.2. The third-order valence-corrected chi connectivity index (χ3v) is 19.8. The number of carbonyl (C=O) groups excluding carboxylic acids is 14. The van der Waals surface area contributed by atoms with Crippen LogP contribution in [-0.2, 0) is 96.0 Å². The SMILES string of the molecule is CCC[C@@H]1NC(=O)[C@H](CCC(=O)O)NC(=O)CNC(=O)[C@H](CC(C)C)NC(=O)[C@H](Cc2c[nH]cn2)NC(=O)C(Cc2c[nH]c3ccccc23)NC(=O)[C@H](C)NC(=O)[C@@H](NC(=O)[C@H](CC(=O)O)NC(C)(C)C)CCC(=O)N2CCC(C(=O)N[C@H](C(N)=O)C(C)O)(CC2)NC(=O)[C@H](Cc2c[nH]c3ccccc23)NC(=O)[C@H](C(C)C)NC1=O. The van der Waals surface area contributed by atoms with Crippen LogP contribution in [0.1, 0.15) is 150 Å². The molecule has 6 heterocycles. The Balaban J connectivity index is 1.30. The maximum atomic E-state index is 15.4. The zero-order valence-electron chi connectivity index (χ0n) is 66.2. The molecule has 0 radical (unpaired) electrons. The number of hydrogen-bond acceptors (Lipinski definition) is 19. The molecule has 14 amide bonds. The van der Waals surface area contributed by atoms with Gasteiger partial charge in [0.25, 0.3) is 0 Å². The van der Waals surface area contributed by atoms with E-state index in [4.69, 9.17) is 5.73 Å². The number of aliphatic hydroxyl groups excluding tert-OH is 1. The Bertz CT molecular complexity index is 4330. The molecule has 3 aromatic heterocycles. The average Bonchev–Trinajstić information content (AvgIpc) is 1.76. The smallest absolute Gasteiger partial charge is 0.305 e. The minimum absolute atomic E-state index is 0.0556. The van der Waals surface area contributed by atoms with Crippen molar-refractivity contribution in [2.45, 2.75) is 236 Å². The molecular weight excluding hydrogens is 1490 g/mol. The van der Waals surface area contributed by atoms with Gasteiger partial charge in [0.05, 0.1) is 37.1 Å². The van der Waals surface area contributed by atoms with Crippen LogP contribution < -0.4 is 74.9 Å². The van der Waals surface area contributed by atoms with E-state index >= 15 is 9.59 Å². The van der Waals surface area contributed by atoms with E-state index in [1.165, 1.54) is 31.3 Å². The highest BCUT2D eigenvalue weighted by molar-refractivity contribution is 6.01. The van der Waals surface area contributed by atoms with Crippen LogP contribution in [0.4, 0.5) is 0 Å². The number of carbonyl (C=O) groups is 16. The number of benzene rings is 2. The lowest BCUT2D eigenvalue weighted by atomic mass is 9.85. The highest BCUT2D eigenvalue weighted by atomic mass is 16.4. The van der Waals surface area contributed by atoms with Gasteiger partial charge in [-0.3, -0.25) is 76.7 Å². The Morgan fingerprint density at radius 3 is 1.71 bits per heavy atom. The fourth-order valence-electron chi connectivity index (χ4n) is 13.6. The number of nitrogens with zero attached hydrogens (tertiary/aromatic N) is 2. The molecule has 38 nitrogen and oxygen atoms in total. The number of nitrogens with one attached hydrogen (secondary N) is 16. The molecule has 2 bridgehead atoms. The Hall–Kier alpha value is -11.8. The third-order valence-electron chi connectivity index (χ3n) is 19.8. The number of amides is 14. The first-order valence-corrected chi connectivity index (χ1v) is 38.4. The number of nitrogens with two attached hydrogens (primary N) is 1. The van der Waals surface area contributed by atoms with Gasteiger partial charge in [-0.15, -0.1) is 0 Å². The number of imidazole rings is 1. The molecule has 3 aliphatic heterocycles. The highest BCUT2D eigenvalue weighted by Gasteiger charge is 2.47. The lowest BCUT2D eigenvalue weighted by Gasteiger charge is -2.42. The van der Waals surface area contributed by atoms with Crippen molar-refractivity contribution in [2.75, 3.05) is 19.6 Å². The summed E-state index contributed by atoms with van der Waals surface area (Å²) in [4.78, 5) is 242. The zero-order chi connectivity index (χ0) is 84.8. The van der Waals surface area contributed by atoms with Crippen molar-refractivity contribution >= 4 is 116 Å². The molecule has 0 aliphatic carbocycles. The summed E-state index contributed by atoms with van der Waals surface area (Å²) >= 11 is 0. The van der Waals surface area contributed by atoms with Crippen LogP contribution in [0.15, 0.2) is 73.4 Å². The highest BCUT2D eigenvalue weighted by Crippen LogP contribution is 2.27. The summed E-state index contributed by atoms with van der Waals surface area (Å²) in [6.07, 6.45) is -0.313. The first-order valence-electron chi connectivity index (χ1n) is 38.4. The van der Waals surface area contributed by atoms with Gasteiger partial charge < -0.3 is 110 Å². The number of aliphatic hydroxyl groups is 1. The standard InChI is InChI=1S/C77H109N19O19/c1-11-16-50-69(109)92-62(40(4)5)74(114)91-55(31-44-35-81-49-20-15-13-18-47(44)49)73(113)95-77(75(115)93-63(42(7)97)64(78)104)25-27-96(28-26-77)59(99)23-21-52(87-72(112)57(33-61(102)103)94-76(8,9)10)67(107)84-41(6)65(105)88-54(30-43-34-80-48-19-14-12-17-46(43)48)70(110)90-56(32-45-36-79-38-83-45)71(111)89-53(29-39(2)3)66(106)82-37-58(98)85-51(68(108)86-50)22-24-60(100)101/h12-15,17-20,34-36,38-42,50-57,62-63,80-81,94,97H,11,16,21-33,37H2,1-10H3,(H2,78,104)(H,79,83)(H,82,106)(H,84,107)(H,85,98)(H,86,108)(H,87,112)(H,88,105)(H,89,111)(H,90,110)(H,91,114)(H,92,109)(H,93,115)(H,95,113)(H,100,101)(H,102,103)/t41-,42?,50-,51-,52-,53-,54?,55-,56-,57-,62-,63-/m0/s1. The van der Waals surface area contributed by atoms with Gasteiger partial charge in [0.15, 0.2) is 0 Å². The number of aromatic amines is 3. The maximum Gasteiger partial charge on any atom is 0.305 e. The molecular formula is C77H109N19O19. The quantitative estimate of drug-likeness (QED) is 0.0318. The van der Waals surface area contributed by atoms with Gasteiger partial charge in [-0.2, -0.15) is 0 Å². The summed E-state index contributed by atoms with van der Waals surface area (Å²) in [5, 5.41) is 65.9. The minimum Gasteiger partial charge on any atom is -0.481 e. The number of para-hydroxylation sites is 2. The van der Waals surface area contributed by atoms with Gasteiger partial charge in [-0.05, 0) is 108 Å². The largest absolute Gasteiger partial charge is 0.481 e. The number of rotatable bonds is 23. The molecule has 2 aromatic carbocycles. The van der Waals surface area contributed by atoms with E-state index in [2.05, 4.69) is 89.1 Å².